The molecule has 1 atom stereocenters. The molecule has 1 aromatic carbocycles. The minimum atomic E-state index is -0.346. The number of hydrogen-bond donors (Lipinski definition) is 0. The van der Waals surface area contributed by atoms with Crippen molar-refractivity contribution >= 4 is 5.97 Å². The van der Waals surface area contributed by atoms with Crippen LogP contribution >= 0.6 is 0 Å². The summed E-state index contributed by atoms with van der Waals surface area (Å²) in [6.07, 6.45) is 0.667. The van der Waals surface area contributed by atoms with Gasteiger partial charge in [-0.3, -0.25) is 0 Å². The molecule has 17 heavy (non-hydrogen) atoms. The van der Waals surface area contributed by atoms with Gasteiger partial charge in [0.05, 0.1) is 13.2 Å². The van der Waals surface area contributed by atoms with E-state index in [0.717, 1.165) is 12.0 Å². The first-order chi connectivity index (χ1) is 8.24. The van der Waals surface area contributed by atoms with E-state index in [1.54, 1.807) is 0 Å². The van der Waals surface area contributed by atoms with Gasteiger partial charge in [-0.25, -0.2) is 4.79 Å². The van der Waals surface area contributed by atoms with Gasteiger partial charge in [0.1, 0.15) is 11.9 Å². The third-order valence-electron chi connectivity index (χ3n) is 2.56. The van der Waals surface area contributed by atoms with Crippen LogP contribution in [0.15, 0.2) is 24.3 Å². The molecule has 1 aliphatic rings. The molecule has 1 aliphatic heterocycles. The molecule has 0 aromatic heterocycles. The van der Waals surface area contributed by atoms with Crippen LogP contribution in [0.25, 0.3) is 0 Å². The third-order valence-corrected chi connectivity index (χ3v) is 2.56. The van der Waals surface area contributed by atoms with E-state index in [1.165, 1.54) is 0 Å². The van der Waals surface area contributed by atoms with E-state index in [1.807, 2.05) is 31.2 Å². The highest BCUT2D eigenvalue weighted by molar-refractivity contribution is 5.71. The first kappa shape index (κ1) is 11.9. The normalized spacial score (nSPS) is 19.0. The van der Waals surface area contributed by atoms with Crippen LogP contribution in [0, 0.1) is 6.92 Å². The van der Waals surface area contributed by atoms with Crippen molar-refractivity contribution < 1.29 is 19.0 Å². The Bertz CT molecular complexity index is 366. The summed E-state index contributed by atoms with van der Waals surface area (Å²) in [6.45, 7) is 3.10. The smallest absolute Gasteiger partial charge is 0.344 e. The topological polar surface area (TPSA) is 44.8 Å². The van der Waals surface area contributed by atoms with Gasteiger partial charge in [0, 0.05) is 6.42 Å². The second kappa shape index (κ2) is 5.68. The standard InChI is InChI=1S/C13H16O4/c1-10-2-4-11(5-3-10)16-9-13(14)17-12-6-7-15-8-12/h2-5,12H,6-9H2,1H3/t12-/m1/s1. The molecule has 0 bridgehead atoms. The Morgan fingerprint density at radius 2 is 2.18 bits per heavy atom. The van der Waals surface area contributed by atoms with Gasteiger partial charge in [-0.05, 0) is 19.1 Å². The highest BCUT2D eigenvalue weighted by Gasteiger charge is 2.19. The van der Waals surface area contributed by atoms with E-state index < -0.39 is 0 Å². The summed E-state index contributed by atoms with van der Waals surface area (Å²) in [5.74, 6) is 0.330. The lowest BCUT2D eigenvalue weighted by atomic mass is 10.2. The van der Waals surface area contributed by atoms with Crippen molar-refractivity contribution in [2.45, 2.75) is 19.4 Å². The van der Waals surface area contributed by atoms with Crippen LogP contribution in [0.5, 0.6) is 5.75 Å². The number of ether oxygens (including phenoxy) is 3. The fourth-order valence-corrected chi connectivity index (χ4v) is 1.60. The Hall–Kier alpha value is -1.55. The maximum absolute atomic E-state index is 11.4. The summed E-state index contributed by atoms with van der Waals surface area (Å²) in [6, 6.07) is 7.54. The van der Waals surface area contributed by atoms with Gasteiger partial charge in [0.15, 0.2) is 6.61 Å². The predicted octanol–water partition coefficient (Wildman–Crippen LogP) is 1.71. The lowest BCUT2D eigenvalue weighted by Gasteiger charge is -2.10. The van der Waals surface area contributed by atoms with E-state index in [-0.39, 0.29) is 18.7 Å². The largest absolute Gasteiger partial charge is 0.482 e. The van der Waals surface area contributed by atoms with Crippen LogP contribution in [0.2, 0.25) is 0 Å². The van der Waals surface area contributed by atoms with Crippen molar-refractivity contribution in [3.05, 3.63) is 29.8 Å². The number of benzene rings is 1. The maximum Gasteiger partial charge on any atom is 0.344 e. The van der Waals surface area contributed by atoms with Crippen LogP contribution in [0.4, 0.5) is 0 Å². The Morgan fingerprint density at radius 3 is 2.82 bits per heavy atom. The first-order valence-corrected chi connectivity index (χ1v) is 5.71. The Kier molecular flexibility index (Phi) is 3.98. The predicted molar refractivity (Wildman–Crippen MR) is 62.0 cm³/mol. The van der Waals surface area contributed by atoms with E-state index in [0.29, 0.717) is 19.0 Å². The first-order valence-electron chi connectivity index (χ1n) is 5.71. The molecule has 4 nitrogen and oxygen atoms in total. The SMILES string of the molecule is Cc1ccc(OCC(=O)O[C@@H]2CCOC2)cc1. The molecule has 0 spiro atoms. The zero-order chi connectivity index (χ0) is 12.1. The number of aryl methyl sites for hydroxylation is 1. The average Bonchev–Trinajstić information content (AvgIpc) is 2.81. The molecule has 1 fully saturated rings. The van der Waals surface area contributed by atoms with Crippen molar-refractivity contribution in [1.82, 2.24) is 0 Å². The maximum atomic E-state index is 11.4. The van der Waals surface area contributed by atoms with Gasteiger partial charge in [0.25, 0.3) is 0 Å². The Balaban J connectivity index is 1.73. The fourth-order valence-electron chi connectivity index (χ4n) is 1.60. The van der Waals surface area contributed by atoms with Crippen molar-refractivity contribution in [2.24, 2.45) is 0 Å². The third kappa shape index (κ3) is 3.75. The molecule has 4 heteroatoms. The fraction of sp³-hybridized carbons (Fsp3) is 0.462. The van der Waals surface area contributed by atoms with E-state index in [2.05, 4.69) is 0 Å². The zero-order valence-corrected chi connectivity index (χ0v) is 9.85. The molecule has 0 amide bonds. The summed E-state index contributed by atoms with van der Waals surface area (Å²) in [7, 11) is 0. The highest BCUT2D eigenvalue weighted by Crippen LogP contribution is 2.12. The van der Waals surface area contributed by atoms with E-state index in [9.17, 15) is 4.79 Å². The number of rotatable bonds is 4. The Morgan fingerprint density at radius 1 is 1.41 bits per heavy atom. The summed E-state index contributed by atoms with van der Waals surface area (Å²) in [5, 5.41) is 0. The van der Waals surface area contributed by atoms with Gasteiger partial charge in [-0.1, -0.05) is 17.7 Å². The average molecular weight is 236 g/mol. The van der Waals surface area contributed by atoms with E-state index in [4.69, 9.17) is 14.2 Å². The lowest BCUT2D eigenvalue weighted by molar-refractivity contribution is -0.151. The molecule has 1 aromatic rings. The molecule has 1 heterocycles. The molecular weight excluding hydrogens is 220 g/mol. The van der Waals surface area contributed by atoms with Crippen molar-refractivity contribution in [2.75, 3.05) is 19.8 Å². The molecule has 1 saturated heterocycles. The molecule has 0 radical (unpaired) electrons. The van der Waals surface area contributed by atoms with Crippen LogP contribution in [0.1, 0.15) is 12.0 Å². The number of esters is 1. The number of hydrogen-bond acceptors (Lipinski definition) is 4. The van der Waals surface area contributed by atoms with Gasteiger partial charge in [0.2, 0.25) is 0 Å². The molecule has 0 saturated carbocycles. The van der Waals surface area contributed by atoms with Gasteiger partial charge in [-0.15, -0.1) is 0 Å². The van der Waals surface area contributed by atoms with Crippen LogP contribution in [0.3, 0.4) is 0 Å². The van der Waals surface area contributed by atoms with Crippen LogP contribution < -0.4 is 4.74 Å². The van der Waals surface area contributed by atoms with Crippen molar-refractivity contribution in [3.8, 4) is 5.75 Å². The van der Waals surface area contributed by atoms with Crippen LogP contribution in [-0.2, 0) is 14.3 Å². The van der Waals surface area contributed by atoms with Crippen molar-refractivity contribution in [3.63, 3.8) is 0 Å². The molecule has 2 rings (SSSR count). The van der Waals surface area contributed by atoms with E-state index >= 15 is 0 Å². The summed E-state index contributed by atoms with van der Waals surface area (Å²) >= 11 is 0. The van der Waals surface area contributed by atoms with Gasteiger partial charge >= 0.3 is 5.97 Å². The minimum Gasteiger partial charge on any atom is -0.482 e. The quantitative estimate of drug-likeness (QED) is 0.746. The van der Waals surface area contributed by atoms with Gasteiger partial charge < -0.3 is 14.2 Å². The van der Waals surface area contributed by atoms with Crippen molar-refractivity contribution in [1.29, 1.82) is 0 Å². The molecule has 0 aliphatic carbocycles. The Labute approximate surface area is 100 Å². The number of carbonyl (C=O) groups excluding carboxylic acids is 1. The summed E-state index contributed by atoms with van der Waals surface area (Å²) in [4.78, 5) is 11.4. The molecule has 0 unspecified atom stereocenters. The van der Waals surface area contributed by atoms with Gasteiger partial charge in [-0.2, -0.15) is 0 Å². The second-order valence-electron chi connectivity index (χ2n) is 4.08. The summed E-state index contributed by atoms with van der Waals surface area (Å²) < 4.78 is 15.6. The minimum absolute atomic E-state index is 0.0560. The summed E-state index contributed by atoms with van der Waals surface area (Å²) in [5.41, 5.74) is 1.16. The highest BCUT2D eigenvalue weighted by atomic mass is 16.6. The molecule has 0 N–H and O–H groups in total. The molecule has 92 valence electrons. The zero-order valence-electron chi connectivity index (χ0n) is 9.85. The number of carbonyl (C=O) groups is 1. The lowest BCUT2D eigenvalue weighted by Crippen LogP contribution is -2.22. The molecular formula is C13H16O4. The second-order valence-corrected chi connectivity index (χ2v) is 4.08. The van der Waals surface area contributed by atoms with Crippen LogP contribution in [-0.4, -0.2) is 31.9 Å². The monoisotopic (exact) mass is 236 g/mol.